The largest absolute Gasteiger partial charge is 0.382 e. The molecular weight excluding hydrogens is 220 g/mol. The highest BCUT2D eigenvalue weighted by atomic mass is 15.0. The molecule has 0 spiro atoms. The van der Waals surface area contributed by atoms with Crippen LogP contribution in [0, 0.1) is 12.8 Å². The standard InChI is InChI=1S/C16H24N2/c1-12-6-3-4-8-15(12)18-14-10-13-7-5-9-16(13,11-14)17-2/h3-4,6,8,13-14,17-18H,5,7,9-11H2,1-2H3. The summed E-state index contributed by atoms with van der Waals surface area (Å²) in [6.45, 7) is 2.19. The van der Waals surface area contributed by atoms with E-state index < -0.39 is 0 Å². The molecule has 2 N–H and O–H groups in total. The monoisotopic (exact) mass is 244 g/mol. The number of hydrogen-bond acceptors (Lipinski definition) is 2. The van der Waals surface area contributed by atoms with Crippen molar-refractivity contribution in [2.24, 2.45) is 5.92 Å². The van der Waals surface area contributed by atoms with Crippen LogP contribution >= 0.6 is 0 Å². The predicted molar refractivity (Wildman–Crippen MR) is 77.0 cm³/mol. The molecule has 3 unspecified atom stereocenters. The molecule has 2 fully saturated rings. The smallest absolute Gasteiger partial charge is 0.0372 e. The second-order valence-electron chi connectivity index (χ2n) is 6.09. The molecule has 0 aromatic heterocycles. The zero-order chi connectivity index (χ0) is 12.6. The van der Waals surface area contributed by atoms with E-state index in [9.17, 15) is 0 Å². The minimum atomic E-state index is 0.431. The van der Waals surface area contributed by atoms with Crippen LogP contribution in [-0.2, 0) is 0 Å². The summed E-state index contributed by atoms with van der Waals surface area (Å²) in [6.07, 6.45) is 6.78. The number of fused-ring (bicyclic) bond motifs is 1. The fraction of sp³-hybridized carbons (Fsp3) is 0.625. The van der Waals surface area contributed by atoms with Gasteiger partial charge in [0.1, 0.15) is 0 Å². The zero-order valence-corrected chi connectivity index (χ0v) is 11.5. The molecule has 98 valence electrons. The zero-order valence-electron chi connectivity index (χ0n) is 11.5. The molecule has 3 rings (SSSR count). The summed E-state index contributed by atoms with van der Waals surface area (Å²) in [5, 5.41) is 7.39. The minimum absolute atomic E-state index is 0.431. The van der Waals surface area contributed by atoms with E-state index in [-0.39, 0.29) is 0 Å². The first-order valence-corrected chi connectivity index (χ1v) is 7.24. The Morgan fingerprint density at radius 3 is 2.83 bits per heavy atom. The van der Waals surface area contributed by atoms with Crippen molar-refractivity contribution in [1.82, 2.24) is 5.32 Å². The SMILES string of the molecule is CNC12CCCC1CC(Nc1ccccc1C)C2. The Morgan fingerprint density at radius 1 is 1.28 bits per heavy atom. The summed E-state index contributed by atoms with van der Waals surface area (Å²) in [5.74, 6) is 0.879. The quantitative estimate of drug-likeness (QED) is 0.852. The molecule has 1 aromatic carbocycles. The molecule has 0 heterocycles. The van der Waals surface area contributed by atoms with E-state index in [4.69, 9.17) is 0 Å². The second kappa shape index (κ2) is 4.58. The molecule has 2 aliphatic rings. The van der Waals surface area contributed by atoms with Crippen LogP contribution in [0.2, 0.25) is 0 Å². The van der Waals surface area contributed by atoms with Crippen molar-refractivity contribution in [3.8, 4) is 0 Å². The Kier molecular flexibility index (Phi) is 3.06. The van der Waals surface area contributed by atoms with Crippen molar-refractivity contribution in [2.45, 2.75) is 50.6 Å². The van der Waals surface area contributed by atoms with Crippen LogP contribution in [0.25, 0.3) is 0 Å². The van der Waals surface area contributed by atoms with Crippen molar-refractivity contribution < 1.29 is 0 Å². The van der Waals surface area contributed by atoms with Crippen LogP contribution in [0.1, 0.15) is 37.7 Å². The van der Waals surface area contributed by atoms with Crippen molar-refractivity contribution in [2.75, 3.05) is 12.4 Å². The molecule has 2 nitrogen and oxygen atoms in total. The Bertz CT molecular complexity index is 429. The lowest BCUT2D eigenvalue weighted by molar-refractivity contribution is 0.304. The summed E-state index contributed by atoms with van der Waals surface area (Å²) in [7, 11) is 2.15. The van der Waals surface area contributed by atoms with Crippen molar-refractivity contribution in [3.63, 3.8) is 0 Å². The summed E-state index contributed by atoms with van der Waals surface area (Å²) in [5.41, 5.74) is 3.10. The third-order valence-corrected chi connectivity index (χ3v) is 5.14. The van der Waals surface area contributed by atoms with Crippen LogP contribution < -0.4 is 10.6 Å². The lowest BCUT2D eigenvalue weighted by atomic mass is 9.91. The number of para-hydroxylation sites is 1. The fourth-order valence-electron chi connectivity index (χ4n) is 4.12. The number of nitrogens with one attached hydrogen (secondary N) is 2. The topological polar surface area (TPSA) is 24.1 Å². The van der Waals surface area contributed by atoms with Crippen LogP contribution in [-0.4, -0.2) is 18.6 Å². The van der Waals surface area contributed by atoms with Gasteiger partial charge in [-0.25, -0.2) is 0 Å². The summed E-state index contributed by atoms with van der Waals surface area (Å²) in [4.78, 5) is 0. The fourth-order valence-corrected chi connectivity index (χ4v) is 4.12. The van der Waals surface area contributed by atoms with Crippen molar-refractivity contribution in [1.29, 1.82) is 0 Å². The van der Waals surface area contributed by atoms with Crippen LogP contribution in [0.3, 0.4) is 0 Å². The number of rotatable bonds is 3. The lowest BCUT2D eigenvalue weighted by Crippen LogP contribution is -2.43. The van der Waals surface area contributed by atoms with Gasteiger partial charge in [-0.2, -0.15) is 0 Å². The predicted octanol–water partition coefficient (Wildman–Crippen LogP) is 3.33. The van der Waals surface area contributed by atoms with E-state index in [2.05, 4.69) is 48.9 Å². The molecular formula is C16H24N2. The van der Waals surface area contributed by atoms with Gasteiger partial charge in [-0.05, 0) is 57.2 Å². The maximum Gasteiger partial charge on any atom is 0.0372 e. The maximum absolute atomic E-state index is 3.76. The summed E-state index contributed by atoms with van der Waals surface area (Å²) in [6, 6.07) is 9.27. The number of anilines is 1. The van der Waals surface area contributed by atoms with E-state index in [0.717, 1.165) is 5.92 Å². The van der Waals surface area contributed by atoms with Gasteiger partial charge < -0.3 is 10.6 Å². The molecule has 0 amide bonds. The first kappa shape index (κ1) is 12.0. The highest BCUT2D eigenvalue weighted by Gasteiger charge is 2.48. The highest BCUT2D eigenvalue weighted by molar-refractivity contribution is 5.51. The van der Waals surface area contributed by atoms with E-state index in [1.54, 1.807) is 0 Å². The Balaban J connectivity index is 1.72. The lowest BCUT2D eigenvalue weighted by Gasteiger charge is -2.29. The number of hydrogen-bond donors (Lipinski definition) is 2. The van der Waals surface area contributed by atoms with E-state index >= 15 is 0 Å². The molecule has 0 aliphatic heterocycles. The number of benzene rings is 1. The van der Waals surface area contributed by atoms with Gasteiger partial charge in [0.2, 0.25) is 0 Å². The molecule has 0 bridgehead atoms. The van der Waals surface area contributed by atoms with Gasteiger partial charge in [-0.1, -0.05) is 24.6 Å². The Morgan fingerprint density at radius 2 is 2.11 bits per heavy atom. The van der Waals surface area contributed by atoms with Crippen molar-refractivity contribution >= 4 is 5.69 Å². The summed E-state index contributed by atoms with van der Waals surface area (Å²) >= 11 is 0. The average molecular weight is 244 g/mol. The first-order chi connectivity index (χ1) is 8.73. The third-order valence-electron chi connectivity index (χ3n) is 5.14. The minimum Gasteiger partial charge on any atom is -0.382 e. The molecule has 0 radical (unpaired) electrons. The Labute approximate surface area is 110 Å². The molecule has 3 atom stereocenters. The van der Waals surface area contributed by atoms with Gasteiger partial charge in [0, 0.05) is 17.3 Å². The molecule has 2 saturated carbocycles. The average Bonchev–Trinajstić information content (AvgIpc) is 2.89. The van der Waals surface area contributed by atoms with Crippen LogP contribution in [0.4, 0.5) is 5.69 Å². The normalized spacial score (nSPS) is 34.6. The van der Waals surface area contributed by atoms with Gasteiger partial charge in [0.15, 0.2) is 0 Å². The maximum atomic E-state index is 3.76. The van der Waals surface area contributed by atoms with E-state index in [1.807, 2.05) is 0 Å². The van der Waals surface area contributed by atoms with Crippen molar-refractivity contribution in [3.05, 3.63) is 29.8 Å². The summed E-state index contributed by atoms with van der Waals surface area (Å²) < 4.78 is 0. The number of aryl methyl sites for hydroxylation is 1. The highest BCUT2D eigenvalue weighted by Crippen LogP contribution is 2.47. The van der Waals surface area contributed by atoms with E-state index in [0.29, 0.717) is 11.6 Å². The molecule has 1 aromatic rings. The van der Waals surface area contributed by atoms with Gasteiger partial charge in [-0.15, -0.1) is 0 Å². The Hall–Kier alpha value is -1.02. The van der Waals surface area contributed by atoms with Gasteiger partial charge >= 0.3 is 0 Å². The molecule has 2 aliphatic carbocycles. The first-order valence-electron chi connectivity index (χ1n) is 7.24. The van der Waals surface area contributed by atoms with Crippen LogP contribution in [0.15, 0.2) is 24.3 Å². The molecule has 18 heavy (non-hydrogen) atoms. The van der Waals surface area contributed by atoms with Crippen LogP contribution in [0.5, 0.6) is 0 Å². The second-order valence-corrected chi connectivity index (χ2v) is 6.09. The molecule has 2 heteroatoms. The van der Waals surface area contributed by atoms with Gasteiger partial charge in [0.05, 0.1) is 0 Å². The van der Waals surface area contributed by atoms with Gasteiger partial charge in [-0.3, -0.25) is 0 Å². The molecule has 0 saturated heterocycles. The third kappa shape index (κ3) is 1.93. The van der Waals surface area contributed by atoms with E-state index in [1.165, 1.54) is 43.4 Å². The van der Waals surface area contributed by atoms with Gasteiger partial charge in [0.25, 0.3) is 0 Å².